The molecule has 262 valence electrons. The van der Waals surface area contributed by atoms with E-state index in [0.717, 1.165) is 53.6 Å². The van der Waals surface area contributed by atoms with Crippen molar-refractivity contribution in [3.8, 4) is 62.1 Å². The smallest absolute Gasteiger partial charge is 0.166 e. The second-order valence-corrected chi connectivity index (χ2v) is 14.5. The summed E-state index contributed by atoms with van der Waals surface area (Å²) in [5, 5.41) is 2.15. The van der Waals surface area contributed by atoms with Crippen molar-refractivity contribution < 1.29 is 11.0 Å². The Labute approximate surface area is 338 Å². The number of nitrogens with zero attached hydrogens (tertiary/aromatic N) is 4. The molecule has 0 amide bonds. The van der Waals surface area contributed by atoms with Crippen LogP contribution in [0.1, 0.15) is 11.0 Å². The van der Waals surface area contributed by atoms with Crippen LogP contribution in [-0.4, -0.2) is 19.5 Å². The second-order valence-electron chi connectivity index (χ2n) is 13.4. The average Bonchev–Trinajstić information content (AvgIpc) is 3.90. The number of para-hydroxylation sites is 2. The monoisotopic (exact) mass is 740 g/mol. The zero-order chi connectivity index (χ0) is 44.0. The molecule has 56 heavy (non-hydrogen) atoms. The van der Waals surface area contributed by atoms with Gasteiger partial charge in [-0.1, -0.05) is 152 Å². The van der Waals surface area contributed by atoms with Gasteiger partial charge in [-0.05, 0) is 64.7 Å². The van der Waals surface area contributed by atoms with E-state index >= 15 is 0 Å². The maximum absolute atomic E-state index is 9.33. The van der Waals surface area contributed by atoms with Crippen LogP contribution in [0.25, 0.3) is 104 Å². The molecule has 3 aromatic heterocycles. The van der Waals surface area contributed by atoms with E-state index in [1.54, 1.807) is 11.3 Å². The molecule has 0 N–H and O–H groups in total. The number of thiophene rings is 1. The molecule has 0 saturated carbocycles. The minimum atomic E-state index is -0.511. The van der Waals surface area contributed by atoms with Gasteiger partial charge in [-0.15, -0.1) is 11.3 Å². The molecule has 0 radical (unpaired) electrons. The third kappa shape index (κ3) is 5.48. The zero-order valence-corrected chi connectivity index (χ0v) is 30.4. The molecule has 0 aliphatic carbocycles. The molecule has 0 fully saturated rings. The van der Waals surface area contributed by atoms with Crippen LogP contribution in [0, 0.1) is 0 Å². The standard InChI is InChI=1S/C51H32N4S/c1-4-14-33(15-5-1)38-24-27-41-43-30-36(26-29-47(43)56-48(41)32-38)37-25-28-42(46(31-37)55-44-22-12-10-20-39(44)40-21-11-13-23-45(40)55)51-53-49(34-16-6-2-7-17-34)52-50(54-51)35-18-8-3-9-19-35/h1-32H/i10D,11D,12D,13D,20D,21D,22D,23D. The van der Waals surface area contributed by atoms with Crippen LogP contribution < -0.4 is 0 Å². The maximum atomic E-state index is 9.33. The van der Waals surface area contributed by atoms with Gasteiger partial charge in [0.25, 0.3) is 0 Å². The lowest BCUT2D eigenvalue weighted by molar-refractivity contribution is 1.06. The lowest BCUT2D eigenvalue weighted by Gasteiger charge is -2.16. The summed E-state index contributed by atoms with van der Waals surface area (Å²) in [5.74, 6) is 1.05. The fourth-order valence-electron chi connectivity index (χ4n) is 7.44. The molecule has 0 spiro atoms. The number of benzene rings is 8. The van der Waals surface area contributed by atoms with E-state index in [4.69, 9.17) is 23.2 Å². The maximum Gasteiger partial charge on any atom is 0.166 e. The van der Waals surface area contributed by atoms with Gasteiger partial charge >= 0.3 is 0 Å². The minimum absolute atomic E-state index is 0.000484. The first-order chi connectivity index (χ1) is 31.1. The van der Waals surface area contributed by atoms with Crippen molar-refractivity contribution >= 4 is 53.3 Å². The van der Waals surface area contributed by atoms with E-state index in [1.165, 1.54) is 4.57 Å². The molecule has 8 aromatic carbocycles. The van der Waals surface area contributed by atoms with Gasteiger partial charge in [0.2, 0.25) is 0 Å². The van der Waals surface area contributed by atoms with Gasteiger partial charge in [-0.25, -0.2) is 15.0 Å². The Morgan fingerprint density at radius 1 is 0.393 bits per heavy atom. The highest BCUT2D eigenvalue weighted by Gasteiger charge is 2.20. The minimum Gasteiger partial charge on any atom is -0.308 e. The second kappa shape index (κ2) is 13.3. The van der Waals surface area contributed by atoms with Gasteiger partial charge in [-0.2, -0.15) is 0 Å². The third-order valence-corrected chi connectivity index (χ3v) is 11.3. The molecule has 0 unspecified atom stereocenters. The molecule has 11 aromatic rings. The number of rotatable bonds is 6. The first-order valence-corrected chi connectivity index (χ1v) is 18.9. The summed E-state index contributed by atoms with van der Waals surface area (Å²) in [6.07, 6.45) is 0. The van der Waals surface area contributed by atoms with Gasteiger partial charge in [0.15, 0.2) is 17.5 Å². The molecular weight excluding hydrogens is 701 g/mol. The topological polar surface area (TPSA) is 43.6 Å². The normalized spacial score (nSPS) is 13.6. The Morgan fingerprint density at radius 3 is 1.55 bits per heavy atom. The van der Waals surface area contributed by atoms with Crippen LogP contribution in [0.15, 0.2) is 194 Å². The van der Waals surface area contributed by atoms with Crippen LogP contribution >= 0.6 is 11.3 Å². The summed E-state index contributed by atoms with van der Waals surface area (Å²) in [4.78, 5) is 15.0. The van der Waals surface area contributed by atoms with Crippen molar-refractivity contribution in [3.63, 3.8) is 0 Å². The highest BCUT2D eigenvalue weighted by Crippen LogP contribution is 2.41. The quantitative estimate of drug-likeness (QED) is 0.170. The van der Waals surface area contributed by atoms with E-state index in [2.05, 4.69) is 42.5 Å². The van der Waals surface area contributed by atoms with Crippen molar-refractivity contribution in [2.45, 2.75) is 0 Å². The Morgan fingerprint density at radius 2 is 0.911 bits per heavy atom. The lowest BCUT2D eigenvalue weighted by Crippen LogP contribution is -2.04. The first-order valence-electron chi connectivity index (χ1n) is 22.1. The van der Waals surface area contributed by atoms with E-state index in [-0.39, 0.29) is 27.6 Å². The Kier molecular flexibility index (Phi) is 5.92. The summed E-state index contributed by atoms with van der Waals surface area (Å²) in [7, 11) is 0. The van der Waals surface area contributed by atoms with Crippen LogP contribution in [0.3, 0.4) is 0 Å². The number of fused-ring (bicyclic) bond motifs is 6. The van der Waals surface area contributed by atoms with Gasteiger partial charge in [0, 0.05) is 47.6 Å². The fourth-order valence-corrected chi connectivity index (χ4v) is 8.57. The molecule has 11 rings (SSSR count). The summed E-state index contributed by atoms with van der Waals surface area (Å²) >= 11 is 1.72. The first kappa shape index (κ1) is 25.0. The van der Waals surface area contributed by atoms with Gasteiger partial charge in [-0.3, -0.25) is 0 Å². The molecule has 0 aliphatic rings. The number of aromatic nitrogens is 4. The molecule has 0 atom stereocenters. The molecule has 0 bridgehead atoms. The van der Waals surface area contributed by atoms with E-state index in [9.17, 15) is 2.74 Å². The predicted molar refractivity (Wildman–Crippen MR) is 234 cm³/mol. The van der Waals surface area contributed by atoms with Crippen molar-refractivity contribution in [1.82, 2.24) is 19.5 Å². The van der Waals surface area contributed by atoms with Gasteiger partial charge in [0.1, 0.15) is 0 Å². The predicted octanol–water partition coefficient (Wildman–Crippen LogP) is 13.7. The van der Waals surface area contributed by atoms with Crippen molar-refractivity contribution in [3.05, 3.63) is 194 Å². The SMILES string of the molecule is [2H]c1c([2H])c([2H])c2c(c1[2H])c1c([2H])c([2H])c([2H])c([2H])c1n2-c1cc(-c2ccc3sc4cc(-c5ccccc5)ccc4c3c2)ccc1-c1nc(-c2ccccc2)nc(-c2ccccc2)n1. The Balaban J connectivity index is 1.23. The average molecular weight is 741 g/mol. The Bertz CT molecular complexity index is 3570. The lowest BCUT2D eigenvalue weighted by atomic mass is 9.99. The van der Waals surface area contributed by atoms with Crippen LogP contribution in [0.5, 0.6) is 0 Å². The molecule has 0 aliphatic heterocycles. The van der Waals surface area contributed by atoms with Crippen LogP contribution in [0.2, 0.25) is 0 Å². The van der Waals surface area contributed by atoms with E-state index < -0.39 is 48.3 Å². The van der Waals surface area contributed by atoms with Gasteiger partial charge < -0.3 is 4.57 Å². The summed E-state index contributed by atoms with van der Waals surface area (Å²) in [5.41, 5.74) is 6.16. The van der Waals surface area contributed by atoms with Crippen molar-refractivity contribution in [1.29, 1.82) is 0 Å². The zero-order valence-electron chi connectivity index (χ0n) is 37.6. The van der Waals surface area contributed by atoms with E-state index in [1.807, 2.05) is 103 Å². The number of hydrogen-bond acceptors (Lipinski definition) is 4. The molecule has 0 saturated heterocycles. The van der Waals surface area contributed by atoms with Crippen molar-refractivity contribution in [2.24, 2.45) is 0 Å². The summed E-state index contributed by atoms with van der Waals surface area (Å²) in [6.45, 7) is 0. The molecular formula is C51H32N4S. The molecule has 3 heterocycles. The highest BCUT2D eigenvalue weighted by molar-refractivity contribution is 7.25. The van der Waals surface area contributed by atoms with Gasteiger partial charge in [0.05, 0.1) is 27.7 Å². The highest BCUT2D eigenvalue weighted by atomic mass is 32.1. The van der Waals surface area contributed by atoms with Crippen LogP contribution in [0.4, 0.5) is 0 Å². The summed E-state index contributed by atoms with van der Waals surface area (Å²) in [6, 6.07) is 44.2. The largest absolute Gasteiger partial charge is 0.308 e. The van der Waals surface area contributed by atoms with Crippen LogP contribution in [-0.2, 0) is 0 Å². The molecule has 5 heteroatoms. The molecule has 4 nitrogen and oxygen atoms in total. The van der Waals surface area contributed by atoms with E-state index in [0.29, 0.717) is 22.9 Å². The summed E-state index contributed by atoms with van der Waals surface area (Å²) < 4.78 is 75.6. The number of hydrogen-bond donors (Lipinski definition) is 0. The fraction of sp³-hybridized carbons (Fsp3) is 0. The third-order valence-electron chi connectivity index (χ3n) is 10.1. The van der Waals surface area contributed by atoms with Crippen molar-refractivity contribution in [2.75, 3.05) is 0 Å². The Hall–Kier alpha value is -7.21.